The molecule has 0 aromatic carbocycles. The van der Waals surface area contributed by atoms with Crippen LogP contribution in [0.1, 0.15) is 27.7 Å². The number of nitrogens with one attached hydrogen (secondary N) is 1. The summed E-state index contributed by atoms with van der Waals surface area (Å²) in [4.78, 5) is 0. The minimum absolute atomic E-state index is 0.384. The summed E-state index contributed by atoms with van der Waals surface area (Å²) in [6.45, 7) is 9.33. The minimum Gasteiger partial charge on any atom is -0.314 e. The minimum atomic E-state index is -0.644. The Bertz CT molecular complexity index is 136. The van der Waals surface area contributed by atoms with E-state index in [0.29, 0.717) is 12.0 Å². The van der Waals surface area contributed by atoms with E-state index in [1.54, 1.807) is 0 Å². The highest BCUT2D eigenvalue weighted by Gasteiger charge is 2.07. The normalized spacial score (nSPS) is 16.4. The van der Waals surface area contributed by atoms with Crippen molar-refractivity contribution in [3.63, 3.8) is 0 Å². The summed E-state index contributed by atoms with van der Waals surface area (Å²) >= 11 is 0. The molecule has 0 aliphatic carbocycles. The van der Waals surface area contributed by atoms with Gasteiger partial charge in [0, 0.05) is 28.3 Å². The lowest BCUT2D eigenvalue weighted by molar-refractivity contribution is 0.603. The van der Waals surface area contributed by atoms with Gasteiger partial charge in [-0.3, -0.25) is 4.21 Å². The molecule has 74 valence electrons. The lowest BCUT2D eigenvalue weighted by Gasteiger charge is -2.12. The molecular weight excluding hydrogens is 170 g/mol. The topological polar surface area (TPSA) is 29.1 Å². The highest BCUT2D eigenvalue weighted by Crippen LogP contribution is 1.97. The molecule has 2 unspecified atom stereocenters. The predicted octanol–water partition coefficient (Wildman–Crippen LogP) is 1.39. The first-order valence-electron chi connectivity index (χ1n) is 4.64. The van der Waals surface area contributed by atoms with Crippen LogP contribution in [0.5, 0.6) is 0 Å². The van der Waals surface area contributed by atoms with Gasteiger partial charge in [0.1, 0.15) is 0 Å². The Hall–Kier alpha value is 0.110. The third kappa shape index (κ3) is 6.80. The predicted molar refractivity (Wildman–Crippen MR) is 55.9 cm³/mol. The number of hydrogen-bond acceptors (Lipinski definition) is 2. The van der Waals surface area contributed by atoms with Crippen LogP contribution in [0.4, 0.5) is 0 Å². The Morgan fingerprint density at radius 1 is 1.25 bits per heavy atom. The molecule has 12 heavy (non-hydrogen) atoms. The van der Waals surface area contributed by atoms with Crippen LogP contribution < -0.4 is 5.32 Å². The largest absolute Gasteiger partial charge is 0.314 e. The summed E-state index contributed by atoms with van der Waals surface area (Å²) in [6.07, 6.45) is 0. The van der Waals surface area contributed by atoms with Gasteiger partial charge in [-0.2, -0.15) is 0 Å². The summed E-state index contributed by atoms with van der Waals surface area (Å²) in [5.41, 5.74) is 0. The molecule has 0 saturated carbocycles. The van der Waals surface area contributed by atoms with Crippen molar-refractivity contribution in [3.8, 4) is 0 Å². The van der Waals surface area contributed by atoms with E-state index in [4.69, 9.17) is 0 Å². The maximum Gasteiger partial charge on any atom is 0.0386 e. The highest BCUT2D eigenvalue weighted by atomic mass is 32.2. The van der Waals surface area contributed by atoms with Crippen LogP contribution in [0, 0.1) is 5.92 Å². The van der Waals surface area contributed by atoms with E-state index >= 15 is 0 Å². The lowest BCUT2D eigenvalue weighted by Crippen LogP contribution is -2.31. The van der Waals surface area contributed by atoms with E-state index in [2.05, 4.69) is 33.0 Å². The first kappa shape index (κ1) is 12.1. The van der Waals surface area contributed by atoms with E-state index in [1.807, 2.05) is 0 Å². The standard InChI is InChI=1S/C9H21NOS/c1-5-10-9(4)7-12(11)6-8(2)3/h8-10H,5-7H2,1-4H3. The maximum absolute atomic E-state index is 11.4. The van der Waals surface area contributed by atoms with Gasteiger partial charge in [-0.25, -0.2) is 0 Å². The Kier molecular flexibility index (Phi) is 6.67. The summed E-state index contributed by atoms with van der Waals surface area (Å²) in [5, 5.41) is 3.26. The van der Waals surface area contributed by atoms with Crippen molar-refractivity contribution < 1.29 is 4.21 Å². The van der Waals surface area contributed by atoms with Gasteiger partial charge in [-0.1, -0.05) is 20.8 Å². The second-order valence-electron chi connectivity index (χ2n) is 3.63. The van der Waals surface area contributed by atoms with E-state index in [-0.39, 0.29) is 0 Å². The van der Waals surface area contributed by atoms with Gasteiger partial charge >= 0.3 is 0 Å². The van der Waals surface area contributed by atoms with Crippen molar-refractivity contribution in [1.29, 1.82) is 0 Å². The molecule has 2 atom stereocenters. The zero-order valence-corrected chi connectivity index (χ0v) is 9.41. The van der Waals surface area contributed by atoms with Gasteiger partial charge in [0.2, 0.25) is 0 Å². The fraction of sp³-hybridized carbons (Fsp3) is 1.00. The summed E-state index contributed by atoms with van der Waals surface area (Å²) in [7, 11) is -0.644. The van der Waals surface area contributed by atoms with Gasteiger partial charge in [-0.15, -0.1) is 0 Å². The summed E-state index contributed by atoms with van der Waals surface area (Å²) in [5.74, 6) is 2.15. The second-order valence-corrected chi connectivity index (χ2v) is 5.17. The molecule has 0 aromatic heterocycles. The van der Waals surface area contributed by atoms with Crippen molar-refractivity contribution in [2.45, 2.75) is 33.7 Å². The molecule has 0 rings (SSSR count). The average molecular weight is 191 g/mol. The Morgan fingerprint density at radius 2 is 1.83 bits per heavy atom. The Labute approximate surface area is 78.6 Å². The smallest absolute Gasteiger partial charge is 0.0386 e. The van der Waals surface area contributed by atoms with Crippen molar-refractivity contribution in [1.82, 2.24) is 5.32 Å². The van der Waals surface area contributed by atoms with Crippen LogP contribution in [-0.4, -0.2) is 28.3 Å². The number of hydrogen-bond donors (Lipinski definition) is 1. The van der Waals surface area contributed by atoms with Crippen LogP contribution in [0.25, 0.3) is 0 Å². The van der Waals surface area contributed by atoms with E-state index < -0.39 is 10.8 Å². The molecule has 0 spiro atoms. The third-order valence-electron chi connectivity index (χ3n) is 1.51. The van der Waals surface area contributed by atoms with Gasteiger partial charge in [-0.05, 0) is 19.4 Å². The number of rotatable bonds is 6. The fourth-order valence-electron chi connectivity index (χ4n) is 1.13. The molecule has 3 heteroatoms. The molecule has 0 aromatic rings. The molecule has 0 amide bonds. The van der Waals surface area contributed by atoms with Crippen molar-refractivity contribution in [3.05, 3.63) is 0 Å². The lowest BCUT2D eigenvalue weighted by atomic mass is 10.3. The summed E-state index contributed by atoms with van der Waals surface area (Å²) in [6, 6.07) is 0.384. The molecule has 0 fully saturated rings. The van der Waals surface area contributed by atoms with E-state index in [1.165, 1.54) is 0 Å². The highest BCUT2D eigenvalue weighted by molar-refractivity contribution is 7.85. The molecular formula is C9H21NOS. The quantitative estimate of drug-likeness (QED) is 0.687. The SMILES string of the molecule is CCNC(C)CS(=O)CC(C)C. The molecule has 0 heterocycles. The molecule has 0 radical (unpaired) electrons. The Morgan fingerprint density at radius 3 is 2.25 bits per heavy atom. The molecule has 1 N–H and O–H groups in total. The second kappa shape index (κ2) is 6.61. The first-order valence-corrected chi connectivity index (χ1v) is 6.13. The monoisotopic (exact) mass is 191 g/mol. The van der Waals surface area contributed by atoms with Crippen LogP contribution in [0.2, 0.25) is 0 Å². The molecule has 0 saturated heterocycles. The fourth-order valence-corrected chi connectivity index (χ4v) is 2.68. The first-order chi connectivity index (χ1) is 5.56. The van der Waals surface area contributed by atoms with Crippen LogP contribution in [0.3, 0.4) is 0 Å². The van der Waals surface area contributed by atoms with Crippen LogP contribution >= 0.6 is 0 Å². The van der Waals surface area contributed by atoms with Gasteiger partial charge in [0.25, 0.3) is 0 Å². The van der Waals surface area contributed by atoms with E-state index in [9.17, 15) is 4.21 Å². The Balaban J connectivity index is 3.54. The van der Waals surface area contributed by atoms with Crippen LogP contribution in [0.15, 0.2) is 0 Å². The summed E-state index contributed by atoms with van der Waals surface area (Å²) < 4.78 is 11.4. The zero-order chi connectivity index (χ0) is 9.56. The van der Waals surface area contributed by atoms with Crippen molar-refractivity contribution >= 4 is 10.8 Å². The average Bonchev–Trinajstić information content (AvgIpc) is 1.84. The van der Waals surface area contributed by atoms with Crippen molar-refractivity contribution in [2.75, 3.05) is 18.1 Å². The molecule has 0 aliphatic heterocycles. The van der Waals surface area contributed by atoms with Crippen molar-refractivity contribution in [2.24, 2.45) is 5.92 Å². The van der Waals surface area contributed by atoms with Gasteiger partial charge in [0.15, 0.2) is 0 Å². The molecule has 0 bridgehead atoms. The maximum atomic E-state index is 11.4. The third-order valence-corrected chi connectivity index (χ3v) is 3.42. The molecule has 0 aliphatic rings. The van der Waals surface area contributed by atoms with Crippen LogP contribution in [-0.2, 0) is 10.8 Å². The zero-order valence-electron chi connectivity index (χ0n) is 8.59. The van der Waals surface area contributed by atoms with Gasteiger partial charge in [0.05, 0.1) is 0 Å². The van der Waals surface area contributed by atoms with E-state index in [0.717, 1.165) is 18.1 Å². The van der Waals surface area contributed by atoms with Gasteiger partial charge < -0.3 is 5.32 Å². The molecule has 2 nitrogen and oxygen atoms in total.